The quantitative estimate of drug-likeness (QED) is 0.609. The second-order valence-electron chi connectivity index (χ2n) is 2.85. The largest absolute Gasteiger partial charge is 0.264 e. The van der Waals surface area contributed by atoms with Gasteiger partial charge in [0.05, 0.1) is 0 Å². The van der Waals surface area contributed by atoms with Crippen LogP contribution in [0.25, 0.3) is 0 Å². The molecule has 0 radical (unpaired) electrons. The van der Waals surface area contributed by atoms with E-state index in [0.29, 0.717) is 0 Å². The number of pyridine rings is 1. The minimum absolute atomic E-state index is 1.24. The predicted octanol–water partition coefficient (Wildman–Crippen LogP) is 4.50. The zero-order valence-corrected chi connectivity index (χ0v) is 12.7. The molecule has 1 nitrogen and oxygen atoms in total. The van der Waals surface area contributed by atoms with Crippen molar-refractivity contribution in [3.8, 4) is 0 Å². The van der Waals surface area contributed by atoms with Crippen LogP contribution in [0.1, 0.15) is 51.7 Å². The van der Waals surface area contributed by atoms with Gasteiger partial charge in [-0.2, -0.15) is 0 Å². The number of fused-ring (bicyclic) bond motifs is 1. The van der Waals surface area contributed by atoms with E-state index in [-0.39, 0.29) is 0 Å². The number of hydrogen-bond acceptors (Lipinski definition) is 1. The summed E-state index contributed by atoms with van der Waals surface area (Å²) in [5.74, 6) is 0. The van der Waals surface area contributed by atoms with E-state index in [1.54, 1.807) is 0 Å². The molecule has 0 amide bonds. The van der Waals surface area contributed by atoms with Gasteiger partial charge in [-0.3, -0.25) is 4.98 Å². The molecule has 1 aliphatic carbocycles. The van der Waals surface area contributed by atoms with Crippen LogP contribution >= 0.6 is 9.24 Å². The van der Waals surface area contributed by atoms with Crippen LogP contribution < -0.4 is 0 Å². The van der Waals surface area contributed by atoms with Crippen LogP contribution in [0.3, 0.4) is 0 Å². The van der Waals surface area contributed by atoms with Crippen molar-refractivity contribution in [1.29, 1.82) is 0 Å². The van der Waals surface area contributed by atoms with E-state index in [1.807, 2.05) is 46.8 Å². The number of aryl methyl sites for hydroxylation is 2. The van der Waals surface area contributed by atoms with E-state index >= 15 is 0 Å². The van der Waals surface area contributed by atoms with Gasteiger partial charge in [0, 0.05) is 12.4 Å². The molecule has 0 N–H and O–H groups in total. The molecule has 94 valence electrons. The van der Waals surface area contributed by atoms with E-state index in [9.17, 15) is 0 Å². The Bertz CT molecular complexity index is 211. The highest BCUT2D eigenvalue weighted by atomic mass is 31.0. The predicted molar refractivity (Wildman–Crippen MR) is 79.2 cm³/mol. The molecule has 0 bridgehead atoms. The zero-order chi connectivity index (χ0) is 12.8. The Hall–Kier alpha value is -0.420. The van der Waals surface area contributed by atoms with Crippen molar-refractivity contribution in [1.82, 2.24) is 4.98 Å². The minimum Gasteiger partial charge on any atom is -0.264 e. The van der Waals surface area contributed by atoms with Crippen molar-refractivity contribution in [2.75, 3.05) is 6.66 Å². The molecule has 1 heterocycles. The van der Waals surface area contributed by atoms with Gasteiger partial charge in [0.25, 0.3) is 0 Å². The lowest BCUT2D eigenvalue weighted by molar-refractivity contribution is 0.682. The van der Waals surface area contributed by atoms with Gasteiger partial charge < -0.3 is 0 Å². The summed E-state index contributed by atoms with van der Waals surface area (Å²) in [4.78, 5) is 4.10. The standard InChI is InChI=1S/C9H11N.2C2H6.CH5P/c1-2-4-9-7-10-6-5-8(9)3-1;3*1-2/h5-7H,1-4H2;2*1-2H3;2H2,1H3. The van der Waals surface area contributed by atoms with Crippen LogP contribution in [0, 0.1) is 0 Å². The van der Waals surface area contributed by atoms with Crippen molar-refractivity contribution in [3.05, 3.63) is 29.6 Å². The first-order valence-corrected chi connectivity index (χ1v) is 7.62. The van der Waals surface area contributed by atoms with Crippen molar-refractivity contribution in [2.24, 2.45) is 0 Å². The first-order valence-electron chi connectivity index (χ1n) is 6.46. The Kier molecular flexibility index (Phi) is 16.4. The van der Waals surface area contributed by atoms with Crippen molar-refractivity contribution in [3.63, 3.8) is 0 Å². The van der Waals surface area contributed by atoms with Gasteiger partial charge in [-0.25, -0.2) is 0 Å². The van der Waals surface area contributed by atoms with E-state index in [4.69, 9.17) is 0 Å². The molecule has 0 spiro atoms. The van der Waals surface area contributed by atoms with Crippen molar-refractivity contribution in [2.45, 2.75) is 53.4 Å². The summed E-state index contributed by atoms with van der Waals surface area (Å²) in [5, 5.41) is 0. The number of aromatic nitrogens is 1. The maximum Gasteiger partial charge on any atom is 0.0302 e. The molecular weight excluding hydrogens is 213 g/mol. The molecule has 1 aromatic heterocycles. The van der Waals surface area contributed by atoms with Crippen LogP contribution in [0.15, 0.2) is 18.5 Å². The first kappa shape index (κ1) is 18.0. The van der Waals surface area contributed by atoms with Gasteiger partial charge in [-0.1, -0.05) is 34.4 Å². The summed E-state index contributed by atoms with van der Waals surface area (Å²) in [7, 11) is 2.42. The summed E-state index contributed by atoms with van der Waals surface area (Å²) in [5.41, 5.74) is 2.98. The molecular formula is C14H28NP. The fourth-order valence-corrected chi connectivity index (χ4v) is 1.56. The van der Waals surface area contributed by atoms with Crippen LogP contribution in [0.2, 0.25) is 0 Å². The summed E-state index contributed by atoms with van der Waals surface area (Å²) >= 11 is 0. The Morgan fingerprint density at radius 2 is 1.44 bits per heavy atom. The van der Waals surface area contributed by atoms with Crippen LogP contribution in [-0.4, -0.2) is 11.6 Å². The highest BCUT2D eigenvalue weighted by Crippen LogP contribution is 2.18. The highest BCUT2D eigenvalue weighted by Gasteiger charge is 2.06. The third kappa shape index (κ3) is 6.95. The number of hydrogen-bond donors (Lipinski definition) is 0. The molecule has 0 saturated carbocycles. The van der Waals surface area contributed by atoms with Crippen LogP contribution in [0.5, 0.6) is 0 Å². The van der Waals surface area contributed by atoms with Crippen molar-refractivity contribution >= 4 is 9.24 Å². The van der Waals surface area contributed by atoms with Crippen molar-refractivity contribution < 1.29 is 0 Å². The maximum absolute atomic E-state index is 4.10. The van der Waals surface area contributed by atoms with E-state index in [2.05, 4.69) is 20.3 Å². The Labute approximate surface area is 104 Å². The molecule has 0 aromatic carbocycles. The topological polar surface area (TPSA) is 12.9 Å². The summed E-state index contributed by atoms with van der Waals surface area (Å²) in [6.45, 7) is 9.92. The Morgan fingerprint density at radius 3 is 1.94 bits per heavy atom. The fraction of sp³-hybridized carbons (Fsp3) is 0.643. The monoisotopic (exact) mass is 241 g/mol. The fourth-order valence-electron chi connectivity index (χ4n) is 1.56. The van der Waals surface area contributed by atoms with Gasteiger partial charge in [0.2, 0.25) is 0 Å². The second kappa shape index (κ2) is 14.6. The van der Waals surface area contributed by atoms with Crippen LogP contribution in [0.4, 0.5) is 0 Å². The van der Waals surface area contributed by atoms with Gasteiger partial charge in [0.1, 0.15) is 0 Å². The Morgan fingerprint density at radius 1 is 0.938 bits per heavy atom. The van der Waals surface area contributed by atoms with Crippen LogP contribution in [-0.2, 0) is 12.8 Å². The molecule has 1 aromatic rings. The average Bonchev–Trinajstić information content (AvgIpc) is 2.45. The lowest BCUT2D eigenvalue weighted by Crippen LogP contribution is -2.01. The van der Waals surface area contributed by atoms with Gasteiger partial charge in [-0.15, -0.1) is 9.24 Å². The van der Waals surface area contributed by atoms with Gasteiger partial charge in [-0.05, 0) is 42.9 Å². The maximum atomic E-state index is 4.10. The highest BCUT2D eigenvalue weighted by molar-refractivity contribution is 7.15. The summed E-state index contributed by atoms with van der Waals surface area (Å²) < 4.78 is 0. The summed E-state index contributed by atoms with van der Waals surface area (Å²) in [6.07, 6.45) is 9.11. The van der Waals surface area contributed by atoms with Gasteiger partial charge >= 0.3 is 0 Å². The lowest BCUT2D eigenvalue weighted by Gasteiger charge is -2.13. The minimum atomic E-state index is 1.24. The molecule has 0 saturated heterocycles. The molecule has 2 heteroatoms. The normalized spacial score (nSPS) is 11.4. The smallest absolute Gasteiger partial charge is 0.0302 e. The SMILES string of the molecule is CC.CC.CP.c1cc2c(cn1)CCCC2. The average molecular weight is 241 g/mol. The lowest BCUT2D eigenvalue weighted by atomic mass is 9.94. The first-order chi connectivity index (χ1) is 7.97. The molecule has 1 aliphatic rings. The van der Waals surface area contributed by atoms with E-state index < -0.39 is 0 Å². The zero-order valence-electron chi connectivity index (χ0n) is 11.6. The second-order valence-corrected chi connectivity index (χ2v) is 2.85. The molecule has 1 unspecified atom stereocenters. The molecule has 0 fully saturated rings. The summed E-state index contributed by atoms with van der Waals surface area (Å²) in [6, 6.07) is 2.15. The Balaban J connectivity index is 0. The van der Waals surface area contributed by atoms with E-state index in [0.717, 1.165) is 0 Å². The van der Waals surface area contributed by atoms with E-state index in [1.165, 1.54) is 36.8 Å². The van der Waals surface area contributed by atoms with Gasteiger partial charge in [0.15, 0.2) is 0 Å². The molecule has 16 heavy (non-hydrogen) atoms. The molecule has 0 aliphatic heterocycles. The molecule has 1 atom stereocenters. The number of rotatable bonds is 0. The third-order valence-electron chi connectivity index (χ3n) is 2.15. The third-order valence-corrected chi connectivity index (χ3v) is 2.15. The molecule has 2 rings (SSSR count). The number of nitrogens with zero attached hydrogens (tertiary/aromatic N) is 1.